The molecule has 1 atom stereocenters. The van der Waals surface area contributed by atoms with E-state index in [-0.39, 0.29) is 16.2 Å². The largest absolute Gasteiger partial charge is 0.478 e. The molecule has 1 N–H and O–H groups in total. The first-order valence-electron chi connectivity index (χ1n) is 4.54. The SMILES string of the molecule is CC(Cl)n1cc(C(=O)O)c2cc(Cl)ncc21. The van der Waals surface area contributed by atoms with Gasteiger partial charge in [0.1, 0.15) is 10.7 Å². The Hall–Kier alpha value is -1.26. The number of halogens is 2. The fourth-order valence-corrected chi connectivity index (χ4v) is 1.91. The highest BCUT2D eigenvalue weighted by Gasteiger charge is 2.16. The van der Waals surface area contributed by atoms with Crippen molar-refractivity contribution in [3.8, 4) is 0 Å². The molecule has 2 aromatic heterocycles. The number of nitrogens with zero attached hydrogens (tertiary/aromatic N) is 2. The summed E-state index contributed by atoms with van der Waals surface area (Å²) in [7, 11) is 0. The van der Waals surface area contributed by atoms with Gasteiger partial charge in [-0.05, 0) is 13.0 Å². The van der Waals surface area contributed by atoms with Crippen molar-refractivity contribution in [1.29, 1.82) is 0 Å². The number of rotatable bonds is 2. The minimum atomic E-state index is -1.01. The van der Waals surface area contributed by atoms with Crippen LogP contribution in [-0.4, -0.2) is 20.6 Å². The van der Waals surface area contributed by atoms with Gasteiger partial charge in [-0.1, -0.05) is 23.2 Å². The van der Waals surface area contributed by atoms with Crippen LogP contribution in [0.3, 0.4) is 0 Å². The summed E-state index contributed by atoms with van der Waals surface area (Å²) in [6.07, 6.45) is 3.01. The first-order chi connectivity index (χ1) is 7.50. The van der Waals surface area contributed by atoms with Crippen LogP contribution in [-0.2, 0) is 0 Å². The Balaban J connectivity index is 2.81. The van der Waals surface area contributed by atoms with Crippen LogP contribution in [0.4, 0.5) is 0 Å². The van der Waals surface area contributed by atoms with E-state index in [2.05, 4.69) is 4.98 Å². The van der Waals surface area contributed by atoms with E-state index in [0.717, 1.165) is 0 Å². The van der Waals surface area contributed by atoms with Crippen LogP contribution in [0.1, 0.15) is 22.8 Å². The standard InChI is InChI=1S/C10H8Cl2N2O2/c1-5(11)14-4-7(10(15)16)6-2-9(12)13-3-8(6)14/h2-5H,1H3,(H,15,16). The predicted octanol–water partition coefficient (Wildman–Crippen LogP) is 3.15. The summed E-state index contributed by atoms with van der Waals surface area (Å²) >= 11 is 11.7. The van der Waals surface area contributed by atoms with E-state index >= 15 is 0 Å². The van der Waals surface area contributed by atoms with Gasteiger partial charge in [0.15, 0.2) is 0 Å². The third kappa shape index (κ3) is 1.74. The van der Waals surface area contributed by atoms with E-state index in [1.807, 2.05) is 0 Å². The molecular weight excluding hydrogens is 251 g/mol. The van der Waals surface area contributed by atoms with Gasteiger partial charge in [0, 0.05) is 11.6 Å². The maximum atomic E-state index is 11.0. The maximum absolute atomic E-state index is 11.0. The number of hydrogen-bond acceptors (Lipinski definition) is 2. The number of alkyl halides is 1. The lowest BCUT2D eigenvalue weighted by atomic mass is 10.2. The average molecular weight is 259 g/mol. The van der Waals surface area contributed by atoms with E-state index in [0.29, 0.717) is 10.9 Å². The van der Waals surface area contributed by atoms with E-state index in [1.165, 1.54) is 18.5 Å². The van der Waals surface area contributed by atoms with Crippen molar-refractivity contribution in [1.82, 2.24) is 9.55 Å². The molecule has 0 spiro atoms. The number of carboxylic acid groups (broad SMARTS) is 1. The molecule has 0 fully saturated rings. The molecule has 16 heavy (non-hydrogen) atoms. The van der Waals surface area contributed by atoms with Gasteiger partial charge in [0.25, 0.3) is 0 Å². The number of fused-ring (bicyclic) bond motifs is 1. The molecule has 2 aromatic rings. The van der Waals surface area contributed by atoms with Crippen molar-refractivity contribution in [2.24, 2.45) is 0 Å². The lowest BCUT2D eigenvalue weighted by molar-refractivity contribution is 0.0699. The zero-order valence-electron chi connectivity index (χ0n) is 8.32. The van der Waals surface area contributed by atoms with Crippen molar-refractivity contribution in [2.45, 2.75) is 12.4 Å². The molecule has 0 radical (unpaired) electrons. The van der Waals surface area contributed by atoms with Crippen LogP contribution in [0.2, 0.25) is 5.15 Å². The van der Waals surface area contributed by atoms with Crippen LogP contribution >= 0.6 is 23.2 Å². The van der Waals surface area contributed by atoms with Crippen molar-refractivity contribution < 1.29 is 9.90 Å². The number of carbonyl (C=O) groups is 1. The average Bonchev–Trinajstić information content (AvgIpc) is 2.56. The molecule has 4 nitrogen and oxygen atoms in total. The Morgan fingerprint density at radius 2 is 2.31 bits per heavy atom. The second-order valence-corrected chi connectivity index (χ2v) is 4.37. The van der Waals surface area contributed by atoms with Gasteiger partial charge in [-0.2, -0.15) is 0 Å². The monoisotopic (exact) mass is 258 g/mol. The van der Waals surface area contributed by atoms with Crippen LogP contribution in [0.5, 0.6) is 0 Å². The quantitative estimate of drug-likeness (QED) is 0.665. The van der Waals surface area contributed by atoms with Gasteiger partial charge in [0.2, 0.25) is 0 Å². The van der Waals surface area contributed by atoms with Gasteiger partial charge >= 0.3 is 5.97 Å². The highest BCUT2D eigenvalue weighted by atomic mass is 35.5. The van der Waals surface area contributed by atoms with E-state index < -0.39 is 5.97 Å². The van der Waals surface area contributed by atoms with Crippen LogP contribution in [0, 0.1) is 0 Å². The fraction of sp³-hybridized carbons (Fsp3) is 0.200. The minimum absolute atomic E-state index is 0.173. The minimum Gasteiger partial charge on any atom is -0.478 e. The lowest BCUT2D eigenvalue weighted by Gasteiger charge is -2.05. The molecule has 0 amide bonds. The fourth-order valence-electron chi connectivity index (χ4n) is 1.59. The van der Waals surface area contributed by atoms with E-state index in [1.54, 1.807) is 11.5 Å². The van der Waals surface area contributed by atoms with Crippen LogP contribution in [0.25, 0.3) is 10.9 Å². The first-order valence-corrected chi connectivity index (χ1v) is 5.35. The van der Waals surface area contributed by atoms with Crippen molar-refractivity contribution in [3.63, 3.8) is 0 Å². The molecule has 0 saturated heterocycles. The number of pyridine rings is 1. The van der Waals surface area contributed by atoms with Crippen LogP contribution < -0.4 is 0 Å². The van der Waals surface area contributed by atoms with Gasteiger partial charge in [-0.15, -0.1) is 0 Å². The summed E-state index contributed by atoms with van der Waals surface area (Å²) in [4.78, 5) is 15.0. The lowest BCUT2D eigenvalue weighted by Crippen LogP contribution is -1.97. The zero-order valence-corrected chi connectivity index (χ0v) is 9.83. The van der Waals surface area contributed by atoms with Gasteiger partial charge in [0.05, 0.1) is 17.3 Å². The normalized spacial score (nSPS) is 12.9. The first kappa shape index (κ1) is 11.2. The third-order valence-corrected chi connectivity index (χ3v) is 2.72. The second kappa shape index (κ2) is 3.96. The Morgan fingerprint density at radius 3 is 2.88 bits per heavy atom. The molecule has 84 valence electrons. The molecule has 0 aliphatic heterocycles. The summed E-state index contributed by atoms with van der Waals surface area (Å²) < 4.78 is 1.64. The summed E-state index contributed by atoms with van der Waals surface area (Å²) in [5.41, 5.74) is 0.481. The number of hydrogen-bond donors (Lipinski definition) is 1. The van der Waals surface area contributed by atoms with Gasteiger partial charge in [-0.25, -0.2) is 9.78 Å². The highest BCUT2D eigenvalue weighted by molar-refractivity contribution is 6.30. The summed E-state index contributed by atoms with van der Waals surface area (Å²) in [6, 6.07) is 1.52. The molecule has 0 aromatic carbocycles. The number of aromatic carboxylic acids is 1. The number of aromatic nitrogens is 2. The van der Waals surface area contributed by atoms with Gasteiger partial charge in [-0.3, -0.25) is 0 Å². The predicted molar refractivity (Wildman–Crippen MR) is 62.3 cm³/mol. The maximum Gasteiger partial charge on any atom is 0.337 e. The van der Waals surface area contributed by atoms with E-state index in [9.17, 15) is 4.79 Å². The molecule has 0 saturated carbocycles. The van der Waals surface area contributed by atoms with Gasteiger partial charge < -0.3 is 9.67 Å². The smallest absolute Gasteiger partial charge is 0.337 e. The molecule has 1 unspecified atom stereocenters. The van der Waals surface area contributed by atoms with Crippen molar-refractivity contribution in [2.75, 3.05) is 0 Å². The molecule has 0 aliphatic carbocycles. The van der Waals surface area contributed by atoms with Crippen molar-refractivity contribution >= 4 is 40.1 Å². The Kier molecular flexibility index (Phi) is 2.78. The van der Waals surface area contributed by atoms with Crippen molar-refractivity contribution in [3.05, 3.63) is 29.2 Å². The molecule has 0 bridgehead atoms. The van der Waals surface area contributed by atoms with E-state index in [4.69, 9.17) is 28.3 Å². The Labute approximate surface area is 101 Å². The summed E-state index contributed by atoms with van der Waals surface area (Å²) in [5, 5.41) is 9.85. The molecule has 6 heteroatoms. The zero-order chi connectivity index (χ0) is 11.9. The molecule has 2 rings (SSSR count). The topological polar surface area (TPSA) is 55.1 Å². The summed E-state index contributed by atoms with van der Waals surface area (Å²) in [6.45, 7) is 1.75. The Bertz CT molecular complexity index is 563. The number of carboxylic acids is 1. The third-order valence-electron chi connectivity index (χ3n) is 2.30. The molecule has 0 aliphatic rings. The van der Waals surface area contributed by atoms with Crippen LogP contribution in [0.15, 0.2) is 18.5 Å². The Morgan fingerprint density at radius 1 is 1.62 bits per heavy atom. The molecule has 2 heterocycles. The highest BCUT2D eigenvalue weighted by Crippen LogP contribution is 2.27. The molecular formula is C10H8Cl2N2O2. The summed E-state index contributed by atoms with van der Waals surface area (Å²) in [5.74, 6) is -1.01. The second-order valence-electron chi connectivity index (χ2n) is 3.35.